The number of hydrogen-bond donors (Lipinski definition) is 4. The topological polar surface area (TPSA) is 206 Å². The molecule has 0 spiro atoms. The number of hydrogen-bond acceptors (Lipinski definition) is 10. The summed E-state index contributed by atoms with van der Waals surface area (Å²) >= 11 is 0. The molecule has 0 aliphatic carbocycles. The standard InChI is InChI=1S/C24H28N6O8/c1-35-19-9-15(3-5-17(19)37-13-21(25)31)11-27-29-23(33)7-8-24(34)30-28-12-16-4-6-18(20(10-16)36-2)38-14-22(26)32/h3-6,9-12H,7-8,13-14H2,1-2H3,(H2,25,31)(H2,26,32)(H,29,33)(H,30,34). The number of nitrogens with one attached hydrogen (secondary N) is 2. The fourth-order valence-electron chi connectivity index (χ4n) is 2.76. The predicted molar refractivity (Wildman–Crippen MR) is 136 cm³/mol. The summed E-state index contributed by atoms with van der Waals surface area (Å²) in [5.41, 5.74) is 15.9. The van der Waals surface area contributed by atoms with E-state index in [0.29, 0.717) is 34.1 Å². The molecule has 0 saturated heterocycles. The van der Waals surface area contributed by atoms with E-state index in [2.05, 4.69) is 21.1 Å². The zero-order chi connectivity index (χ0) is 27.9. The molecule has 2 aromatic rings. The van der Waals surface area contributed by atoms with Crippen LogP contribution in [0.1, 0.15) is 24.0 Å². The summed E-state index contributed by atoms with van der Waals surface area (Å²) in [5.74, 6) is -0.856. The molecule has 4 amide bonds. The third-order valence-corrected chi connectivity index (χ3v) is 4.50. The molecule has 0 aliphatic heterocycles. The smallest absolute Gasteiger partial charge is 0.255 e. The van der Waals surface area contributed by atoms with E-state index >= 15 is 0 Å². The number of benzene rings is 2. The number of carbonyl (C=O) groups is 4. The van der Waals surface area contributed by atoms with Gasteiger partial charge in [-0.1, -0.05) is 0 Å². The zero-order valence-corrected chi connectivity index (χ0v) is 20.8. The second-order valence-electron chi connectivity index (χ2n) is 7.42. The summed E-state index contributed by atoms with van der Waals surface area (Å²) in [7, 11) is 2.86. The number of primary amides is 2. The number of ether oxygens (including phenoxy) is 4. The van der Waals surface area contributed by atoms with Gasteiger partial charge in [0.05, 0.1) is 26.6 Å². The number of rotatable bonds is 15. The van der Waals surface area contributed by atoms with Crippen LogP contribution >= 0.6 is 0 Å². The molecule has 202 valence electrons. The fourth-order valence-corrected chi connectivity index (χ4v) is 2.76. The van der Waals surface area contributed by atoms with Crippen molar-refractivity contribution in [1.29, 1.82) is 0 Å². The molecule has 2 aromatic carbocycles. The van der Waals surface area contributed by atoms with E-state index in [1.54, 1.807) is 36.4 Å². The number of nitrogens with zero attached hydrogens (tertiary/aromatic N) is 2. The van der Waals surface area contributed by atoms with Crippen LogP contribution in [-0.4, -0.2) is 63.5 Å². The number of hydrazone groups is 2. The highest BCUT2D eigenvalue weighted by Gasteiger charge is 2.09. The molecule has 6 N–H and O–H groups in total. The van der Waals surface area contributed by atoms with Gasteiger partial charge in [0, 0.05) is 12.8 Å². The van der Waals surface area contributed by atoms with E-state index in [1.165, 1.54) is 26.6 Å². The lowest BCUT2D eigenvalue weighted by Gasteiger charge is -2.09. The van der Waals surface area contributed by atoms with E-state index in [9.17, 15) is 19.2 Å². The molecule has 2 rings (SSSR count). The van der Waals surface area contributed by atoms with Gasteiger partial charge in [-0.2, -0.15) is 10.2 Å². The van der Waals surface area contributed by atoms with Crippen molar-refractivity contribution in [2.45, 2.75) is 12.8 Å². The number of carbonyl (C=O) groups excluding carboxylic acids is 4. The number of methoxy groups -OCH3 is 2. The van der Waals surface area contributed by atoms with Crippen LogP contribution in [0.2, 0.25) is 0 Å². The van der Waals surface area contributed by atoms with Gasteiger partial charge >= 0.3 is 0 Å². The van der Waals surface area contributed by atoms with Crippen molar-refractivity contribution < 1.29 is 38.1 Å². The maximum absolute atomic E-state index is 12.0. The van der Waals surface area contributed by atoms with Crippen molar-refractivity contribution in [3.8, 4) is 23.0 Å². The SMILES string of the molecule is COc1cc(C=NNC(=O)CCC(=O)NN=Cc2ccc(OCC(N)=O)c(OC)c2)ccc1OCC(N)=O. The number of nitrogens with two attached hydrogens (primary N) is 2. The quantitative estimate of drug-likeness (QED) is 0.180. The van der Waals surface area contributed by atoms with Crippen LogP contribution in [0.4, 0.5) is 0 Å². The average Bonchev–Trinajstić information content (AvgIpc) is 2.89. The van der Waals surface area contributed by atoms with Gasteiger partial charge in [-0.3, -0.25) is 19.2 Å². The minimum Gasteiger partial charge on any atom is -0.493 e. The molecule has 0 aliphatic rings. The van der Waals surface area contributed by atoms with Gasteiger partial charge < -0.3 is 30.4 Å². The lowest BCUT2D eigenvalue weighted by Crippen LogP contribution is -2.22. The van der Waals surface area contributed by atoms with Crippen LogP contribution < -0.4 is 41.3 Å². The Hall–Kier alpha value is -5.14. The Kier molecular flexibility index (Phi) is 11.5. The summed E-state index contributed by atoms with van der Waals surface area (Å²) in [6, 6.07) is 9.59. The van der Waals surface area contributed by atoms with Crippen molar-refractivity contribution in [2.24, 2.45) is 21.7 Å². The summed E-state index contributed by atoms with van der Waals surface area (Å²) < 4.78 is 20.9. The fraction of sp³-hybridized carbons (Fsp3) is 0.250. The summed E-state index contributed by atoms with van der Waals surface area (Å²) in [4.78, 5) is 45.7. The minimum atomic E-state index is -0.624. The molecule has 0 unspecified atom stereocenters. The first kappa shape index (κ1) is 29.1. The maximum Gasteiger partial charge on any atom is 0.255 e. The molecule has 0 heterocycles. The van der Waals surface area contributed by atoms with Gasteiger partial charge in [-0.05, 0) is 47.5 Å². The van der Waals surface area contributed by atoms with Crippen LogP contribution in [0, 0.1) is 0 Å². The highest BCUT2D eigenvalue weighted by Crippen LogP contribution is 2.28. The van der Waals surface area contributed by atoms with Crippen molar-refractivity contribution in [2.75, 3.05) is 27.4 Å². The molecule has 38 heavy (non-hydrogen) atoms. The maximum atomic E-state index is 12.0. The highest BCUT2D eigenvalue weighted by atomic mass is 16.5. The Morgan fingerprint density at radius 2 is 1.11 bits per heavy atom. The van der Waals surface area contributed by atoms with Crippen molar-refractivity contribution in [3.63, 3.8) is 0 Å². The minimum absolute atomic E-state index is 0.123. The molecular formula is C24H28N6O8. The Labute approximate surface area is 217 Å². The van der Waals surface area contributed by atoms with E-state index in [1.807, 2.05) is 0 Å². The second kappa shape index (κ2) is 15.1. The van der Waals surface area contributed by atoms with Gasteiger partial charge in [-0.15, -0.1) is 0 Å². The Morgan fingerprint density at radius 3 is 1.45 bits per heavy atom. The lowest BCUT2D eigenvalue weighted by atomic mass is 10.2. The summed E-state index contributed by atoms with van der Waals surface area (Å²) in [6.45, 7) is -0.592. The summed E-state index contributed by atoms with van der Waals surface area (Å²) in [5, 5.41) is 7.69. The summed E-state index contributed by atoms with van der Waals surface area (Å²) in [6.07, 6.45) is 2.51. The molecular weight excluding hydrogens is 500 g/mol. The molecule has 0 bridgehead atoms. The molecule has 14 heteroatoms. The molecule has 0 saturated carbocycles. The van der Waals surface area contributed by atoms with Gasteiger partial charge in [0.25, 0.3) is 11.8 Å². The first-order valence-corrected chi connectivity index (χ1v) is 11.0. The van der Waals surface area contributed by atoms with Crippen LogP contribution in [0.5, 0.6) is 23.0 Å². The zero-order valence-electron chi connectivity index (χ0n) is 20.8. The van der Waals surface area contributed by atoms with Crippen molar-refractivity contribution >= 4 is 36.1 Å². The lowest BCUT2D eigenvalue weighted by molar-refractivity contribution is -0.126. The van der Waals surface area contributed by atoms with Gasteiger partial charge in [-0.25, -0.2) is 10.9 Å². The third-order valence-electron chi connectivity index (χ3n) is 4.50. The molecule has 0 aromatic heterocycles. The number of amides is 4. The Bertz CT molecular complexity index is 1120. The van der Waals surface area contributed by atoms with E-state index < -0.39 is 23.6 Å². The van der Waals surface area contributed by atoms with E-state index in [0.717, 1.165) is 0 Å². The van der Waals surface area contributed by atoms with Crippen molar-refractivity contribution in [3.05, 3.63) is 47.5 Å². The van der Waals surface area contributed by atoms with E-state index in [4.69, 9.17) is 30.4 Å². The molecule has 0 atom stereocenters. The van der Waals surface area contributed by atoms with Crippen LogP contribution in [0.15, 0.2) is 46.6 Å². The van der Waals surface area contributed by atoms with Crippen LogP contribution in [0.25, 0.3) is 0 Å². The van der Waals surface area contributed by atoms with Crippen LogP contribution in [0.3, 0.4) is 0 Å². The largest absolute Gasteiger partial charge is 0.493 e. The van der Waals surface area contributed by atoms with Gasteiger partial charge in [0.15, 0.2) is 36.2 Å². The monoisotopic (exact) mass is 528 g/mol. The Morgan fingerprint density at radius 1 is 0.711 bits per heavy atom. The third kappa shape index (κ3) is 10.2. The predicted octanol–water partition coefficient (Wildman–Crippen LogP) is -0.187. The second-order valence-corrected chi connectivity index (χ2v) is 7.42. The van der Waals surface area contributed by atoms with E-state index in [-0.39, 0.29) is 26.1 Å². The van der Waals surface area contributed by atoms with Gasteiger partial charge in [0.2, 0.25) is 11.8 Å². The normalized spacial score (nSPS) is 10.7. The molecule has 0 fully saturated rings. The molecule has 14 nitrogen and oxygen atoms in total. The first-order chi connectivity index (χ1) is 18.2. The van der Waals surface area contributed by atoms with Crippen molar-refractivity contribution in [1.82, 2.24) is 10.9 Å². The van der Waals surface area contributed by atoms with Crippen LogP contribution in [-0.2, 0) is 19.2 Å². The van der Waals surface area contributed by atoms with Gasteiger partial charge in [0.1, 0.15) is 0 Å². The molecule has 0 radical (unpaired) electrons. The first-order valence-electron chi connectivity index (χ1n) is 11.0. The highest BCUT2D eigenvalue weighted by molar-refractivity contribution is 5.87. The Balaban J connectivity index is 1.78. The average molecular weight is 529 g/mol.